The zero-order valence-electron chi connectivity index (χ0n) is 15.8. The van der Waals surface area contributed by atoms with Crippen LogP contribution in [0.1, 0.15) is 42.9 Å². The molecule has 0 aliphatic carbocycles. The molecule has 1 unspecified atom stereocenters. The van der Waals surface area contributed by atoms with Gasteiger partial charge in [-0.05, 0) is 41.0 Å². The standard InChI is InChI=1S/C19H25NO4S3/c1-19(2,3)15-6-8-16(9-7-15)27(23,24)20-11-10-18(17-5-4-13-25-17)26(21,22)14-12-20/h4-9,13,18H,10-12,14H2,1-3H3. The molecule has 27 heavy (non-hydrogen) atoms. The first-order valence-corrected chi connectivity index (χ1v) is 12.9. The SMILES string of the molecule is CC(C)(C)c1ccc(S(=O)(=O)N2CCC(c3cccs3)S(=O)(=O)CC2)cc1. The van der Waals surface area contributed by atoms with Crippen LogP contribution in [0, 0.1) is 0 Å². The van der Waals surface area contributed by atoms with Gasteiger partial charge in [-0.2, -0.15) is 4.31 Å². The number of sulfonamides is 1. The maximum atomic E-state index is 13.0. The minimum absolute atomic E-state index is 0.00638. The Balaban J connectivity index is 1.86. The number of nitrogens with zero attached hydrogens (tertiary/aromatic N) is 1. The summed E-state index contributed by atoms with van der Waals surface area (Å²) in [5, 5.41) is 1.22. The fraction of sp³-hybridized carbons (Fsp3) is 0.474. The number of hydrogen-bond donors (Lipinski definition) is 0. The molecule has 1 aromatic heterocycles. The van der Waals surface area contributed by atoms with Gasteiger partial charge in [0.1, 0.15) is 0 Å². The summed E-state index contributed by atoms with van der Waals surface area (Å²) >= 11 is 1.40. The molecule has 2 aromatic rings. The van der Waals surface area contributed by atoms with Gasteiger partial charge in [0, 0.05) is 18.0 Å². The molecule has 0 radical (unpaired) electrons. The highest BCUT2D eigenvalue weighted by atomic mass is 32.2. The van der Waals surface area contributed by atoms with E-state index in [1.165, 1.54) is 15.6 Å². The quantitative estimate of drug-likeness (QED) is 0.750. The van der Waals surface area contributed by atoms with E-state index in [2.05, 4.69) is 20.8 Å². The Bertz CT molecular complexity index is 986. The van der Waals surface area contributed by atoms with Gasteiger partial charge in [-0.25, -0.2) is 16.8 Å². The highest BCUT2D eigenvalue weighted by Crippen LogP contribution is 2.34. The monoisotopic (exact) mass is 427 g/mol. The van der Waals surface area contributed by atoms with Gasteiger partial charge in [0.2, 0.25) is 10.0 Å². The van der Waals surface area contributed by atoms with Gasteiger partial charge in [0.15, 0.2) is 9.84 Å². The molecule has 0 N–H and O–H groups in total. The van der Waals surface area contributed by atoms with E-state index in [1.54, 1.807) is 12.1 Å². The van der Waals surface area contributed by atoms with E-state index in [4.69, 9.17) is 0 Å². The van der Waals surface area contributed by atoms with E-state index in [1.807, 2.05) is 29.6 Å². The summed E-state index contributed by atoms with van der Waals surface area (Å²) in [6, 6.07) is 10.5. The lowest BCUT2D eigenvalue weighted by Gasteiger charge is -2.22. The lowest BCUT2D eigenvalue weighted by Crippen LogP contribution is -2.33. The highest BCUT2D eigenvalue weighted by molar-refractivity contribution is 7.92. The van der Waals surface area contributed by atoms with Crippen molar-refractivity contribution < 1.29 is 16.8 Å². The fourth-order valence-corrected chi connectivity index (χ4v) is 7.81. The van der Waals surface area contributed by atoms with Crippen molar-refractivity contribution in [2.24, 2.45) is 0 Å². The summed E-state index contributed by atoms with van der Waals surface area (Å²) in [4.78, 5) is 0.992. The van der Waals surface area contributed by atoms with Crippen LogP contribution in [-0.4, -0.2) is 40.0 Å². The maximum Gasteiger partial charge on any atom is 0.243 e. The topological polar surface area (TPSA) is 71.5 Å². The molecule has 1 aliphatic rings. The molecule has 0 saturated carbocycles. The number of thiophene rings is 1. The highest BCUT2D eigenvalue weighted by Gasteiger charge is 2.36. The Labute approximate surface area is 166 Å². The number of benzene rings is 1. The number of sulfone groups is 1. The second-order valence-electron chi connectivity index (χ2n) is 7.84. The summed E-state index contributed by atoms with van der Waals surface area (Å²) < 4.78 is 52.7. The first-order valence-electron chi connectivity index (χ1n) is 8.87. The molecule has 5 nitrogen and oxygen atoms in total. The summed E-state index contributed by atoms with van der Waals surface area (Å²) in [6.07, 6.45) is 0.280. The van der Waals surface area contributed by atoms with Gasteiger partial charge in [-0.15, -0.1) is 11.3 Å². The smallest absolute Gasteiger partial charge is 0.228 e. The first kappa shape index (κ1) is 20.5. The molecular weight excluding hydrogens is 402 g/mol. The normalized spacial score (nSPS) is 21.7. The summed E-state index contributed by atoms with van der Waals surface area (Å²) in [5.41, 5.74) is 0.991. The van der Waals surface area contributed by atoms with Crippen LogP contribution in [0.15, 0.2) is 46.7 Å². The van der Waals surface area contributed by atoms with E-state index >= 15 is 0 Å². The van der Waals surface area contributed by atoms with Crippen LogP contribution < -0.4 is 0 Å². The lowest BCUT2D eigenvalue weighted by atomic mass is 9.87. The molecule has 3 rings (SSSR count). The van der Waals surface area contributed by atoms with Crippen LogP contribution in [0.25, 0.3) is 0 Å². The molecule has 8 heteroatoms. The van der Waals surface area contributed by atoms with Gasteiger partial charge in [0.05, 0.1) is 15.9 Å². The summed E-state index contributed by atoms with van der Waals surface area (Å²) in [7, 11) is -7.10. The molecule has 0 bridgehead atoms. The largest absolute Gasteiger partial charge is 0.243 e. The van der Waals surface area contributed by atoms with Crippen LogP contribution in [0.2, 0.25) is 0 Å². The molecule has 1 aromatic carbocycles. The fourth-order valence-electron chi connectivity index (χ4n) is 3.23. The van der Waals surface area contributed by atoms with Crippen molar-refractivity contribution in [2.75, 3.05) is 18.8 Å². The Hall–Kier alpha value is -1.22. The Kier molecular flexibility index (Phi) is 5.55. The van der Waals surface area contributed by atoms with E-state index < -0.39 is 25.1 Å². The van der Waals surface area contributed by atoms with E-state index in [9.17, 15) is 16.8 Å². The van der Waals surface area contributed by atoms with Gasteiger partial charge >= 0.3 is 0 Å². The maximum absolute atomic E-state index is 13.0. The molecule has 1 saturated heterocycles. The Morgan fingerprint density at radius 1 is 1.07 bits per heavy atom. The van der Waals surface area contributed by atoms with Crippen LogP contribution in [0.5, 0.6) is 0 Å². The molecule has 0 spiro atoms. The average molecular weight is 428 g/mol. The molecule has 148 valence electrons. The van der Waals surface area contributed by atoms with Gasteiger partial charge in [-0.3, -0.25) is 0 Å². The van der Waals surface area contributed by atoms with Gasteiger partial charge in [-0.1, -0.05) is 39.0 Å². The molecule has 1 atom stereocenters. The third kappa shape index (κ3) is 4.29. The van der Waals surface area contributed by atoms with E-state index in [0.717, 1.165) is 10.4 Å². The zero-order chi connectivity index (χ0) is 19.9. The van der Waals surface area contributed by atoms with Crippen molar-refractivity contribution in [3.05, 3.63) is 52.2 Å². The summed E-state index contributed by atoms with van der Waals surface area (Å²) in [5.74, 6) is -0.158. The van der Waals surface area contributed by atoms with Crippen molar-refractivity contribution >= 4 is 31.2 Å². The van der Waals surface area contributed by atoms with E-state index in [-0.39, 0.29) is 35.6 Å². The lowest BCUT2D eigenvalue weighted by molar-refractivity contribution is 0.428. The minimum Gasteiger partial charge on any atom is -0.228 e. The van der Waals surface area contributed by atoms with Crippen LogP contribution >= 0.6 is 11.3 Å². The zero-order valence-corrected chi connectivity index (χ0v) is 18.2. The predicted octanol–water partition coefficient (Wildman–Crippen LogP) is 3.60. The average Bonchev–Trinajstić information content (AvgIpc) is 3.05. The van der Waals surface area contributed by atoms with Crippen molar-refractivity contribution in [1.82, 2.24) is 4.31 Å². The van der Waals surface area contributed by atoms with Crippen LogP contribution in [0.4, 0.5) is 0 Å². The van der Waals surface area contributed by atoms with Crippen molar-refractivity contribution in [3.63, 3.8) is 0 Å². The molecule has 1 fully saturated rings. The van der Waals surface area contributed by atoms with Crippen molar-refractivity contribution in [2.45, 2.75) is 42.8 Å². The molecule has 2 heterocycles. The van der Waals surface area contributed by atoms with Crippen LogP contribution in [-0.2, 0) is 25.3 Å². The molecule has 0 amide bonds. The minimum atomic E-state index is -3.72. The first-order chi connectivity index (χ1) is 12.5. The van der Waals surface area contributed by atoms with Gasteiger partial charge < -0.3 is 0 Å². The summed E-state index contributed by atoms with van der Waals surface area (Å²) in [6.45, 7) is 6.40. The van der Waals surface area contributed by atoms with Crippen LogP contribution in [0.3, 0.4) is 0 Å². The van der Waals surface area contributed by atoms with Crippen molar-refractivity contribution in [1.29, 1.82) is 0 Å². The van der Waals surface area contributed by atoms with E-state index in [0.29, 0.717) is 0 Å². The number of hydrogen-bond acceptors (Lipinski definition) is 5. The van der Waals surface area contributed by atoms with Crippen molar-refractivity contribution in [3.8, 4) is 0 Å². The third-order valence-electron chi connectivity index (χ3n) is 4.92. The molecular formula is C19H25NO4S3. The predicted molar refractivity (Wildman–Crippen MR) is 109 cm³/mol. The molecule has 1 aliphatic heterocycles. The second kappa shape index (κ2) is 7.31. The third-order valence-corrected chi connectivity index (χ3v) is 10.1. The van der Waals surface area contributed by atoms with Gasteiger partial charge in [0.25, 0.3) is 0 Å². The Morgan fingerprint density at radius 2 is 1.74 bits per heavy atom. The second-order valence-corrected chi connectivity index (χ2v) is 13.1. The Morgan fingerprint density at radius 3 is 2.30 bits per heavy atom. The number of rotatable bonds is 3.